The summed E-state index contributed by atoms with van der Waals surface area (Å²) < 4.78 is 5.72. The zero-order valence-corrected chi connectivity index (χ0v) is 15.8. The first-order valence-corrected chi connectivity index (χ1v) is 9.29. The lowest BCUT2D eigenvalue weighted by Crippen LogP contribution is -2.30. The molecule has 1 N–H and O–H groups in total. The number of hydrogen-bond donors (Lipinski definition) is 1. The summed E-state index contributed by atoms with van der Waals surface area (Å²) in [7, 11) is 0. The second-order valence-electron chi connectivity index (χ2n) is 6.21. The van der Waals surface area contributed by atoms with Crippen molar-refractivity contribution in [3.05, 3.63) is 65.2 Å². The van der Waals surface area contributed by atoms with Gasteiger partial charge in [0.1, 0.15) is 0 Å². The second kappa shape index (κ2) is 8.19. The summed E-state index contributed by atoms with van der Waals surface area (Å²) in [6, 6.07) is 15.9. The van der Waals surface area contributed by atoms with Crippen molar-refractivity contribution in [2.24, 2.45) is 0 Å². The van der Waals surface area contributed by atoms with Crippen molar-refractivity contribution in [1.82, 2.24) is 15.5 Å². The van der Waals surface area contributed by atoms with Crippen LogP contribution in [0.3, 0.4) is 0 Å². The average molecular weight is 367 g/mol. The highest BCUT2D eigenvalue weighted by Gasteiger charge is 2.18. The number of rotatable bonds is 6. The summed E-state index contributed by atoms with van der Waals surface area (Å²) in [5.41, 5.74) is 4.23. The summed E-state index contributed by atoms with van der Waals surface area (Å²) >= 11 is 1.26. The third-order valence-corrected chi connectivity index (χ3v) is 4.77. The highest BCUT2D eigenvalue weighted by atomic mass is 32.2. The third kappa shape index (κ3) is 4.73. The summed E-state index contributed by atoms with van der Waals surface area (Å²) in [5, 5.41) is 11.1. The van der Waals surface area contributed by atoms with Crippen LogP contribution in [0.4, 0.5) is 0 Å². The number of nitrogens with zero attached hydrogens (tertiary/aromatic N) is 2. The van der Waals surface area contributed by atoms with Gasteiger partial charge in [-0.05, 0) is 38.5 Å². The molecule has 1 aromatic heterocycles. The van der Waals surface area contributed by atoms with Gasteiger partial charge in [0, 0.05) is 12.1 Å². The maximum Gasteiger partial charge on any atom is 0.277 e. The summed E-state index contributed by atoms with van der Waals surface area (Å²) in [4.78, 5) is 12.3. The first-order valence-electron chi connectivity index (χ1n) is 8.42. The van der Waals surface area contributed by atoms with Gasteiger partial charge in [-0.3, -0.25) is 4.79 Å². The number of benzene rings is 2. The molecule has 0 saturated carbocycles. The van der Waals surface area contributed by atoms with Crippen molar-refractivity contribution in [3.63, 3.8) is 0 Å². The van der Waals surface area contributed by atoms with Gasteiger partial charge >= 0.3 is 0 Å². The number of amides is 1. The maximum atomic E-state index is 12.3. The quantitative estimate of drug-likeness (QED) is 0.663. The van der Waals surface area contributed by atoms with Crippen LogP contribution < -0.4 is 5.32 Å². The predicted octanol–water partition coefficient (Wildman–Crippen LogP) is 4.15. The molecule has 0 saturated heterocycles. The number of carbonyl (C=O) groups is 1. The molecule has 0 aliphatic heterocycles. The van der Waals surface area contributed by atoms with Crippen molar-refractivity contribution in [2.45, 2.75) is 37.8 Å². The summed E-state index contributed by atoms with van der Waals surface area (Å²) in [5.74, 6) is 0.404. The van der Waals surface area contributed by atoms with Crippen LogP contribution in [0.15, 0.2) is 58.2 Å². The fourth-order valence-electron chi connectivity index (χ4n) is 2.61. The van der Waals surface area contributed by atoms with Gasteiger partial charge in [-0.25, -0.2) is 0 Å². The fourth-order valence-corrected chi connectivity index (χ4v) is 3.31. The van der Waals surface area contributed by atoms with E-state index < -0.39 is 0 Å². The fraction of sp³-hybridized carbons (Fsp3) is 0.250. The van der Waals surface area contributed by atoms with Gasteiger partial charge in [0.15, 0.2) is 0 Å². The highest BCUT2D eigenvalue weighted by Crippen LogP contribution is 2.27. The molecular formula is C20H21N3O2S. The minimum atomic E-state index is -0.328. The van der Waals surface area contributed by atoms with E-state index in [-0.39, 0.29) is 11.2 Å². The van der Waals surface area contributed by atoms with Crippen LogP contribution in [0.5, 0.6) is 0 Å². The molecule has 26 heavy (non-hydrogen) atoms. The first-order chi connectivity index (χ1) is 12.5. The van der Waals surface area contributed by atoms with Gasteiger partial charge < -0.3 is 9.73 Å². The standard InChI is InChI=1S/C20H21N3O2S/c1-13-9-14(2)11-17(10-13)19-22-23-20(25-19)26-15(3)18(24)21-12-16-7-5-4-6-8-16/h4-11,15H,12H2,1-3H3,(H,21,24)/t15-/m0/s1. The van der Waals surface area contributed by atoms with Gasteiger partial charge in [-0.1, -0.05) is 59.3 Å². The number of aromatic nitrogens is 2. The lowest BCUT2D eigenvalue weighted by Gasteiger charge is -2.09. The molecule has 0 fully saturated rings. The van der Waals surface area contributed by atoms with Crippen LogP contribution in [0.25, 0.3) is 11.5 Å². The van der Waals surface area contributed by atoms with Crippen LogP contribution in [-0.2, 0) is 11.3 Å². The number of carbonyl (C=O) groups excluding carboxylic acids is 1. The van der Waals surface area contributed by atoms with E-state index in [1.54, 1.807) is 0 Å². The number of hydrogen-bond acceptors (Lipinski definition) is 5. The Morgan fingerprint density at radius 2 is 1.81 bits per heavy atom. The molecule has 0 spiro atoms. The second-order valence-corrected chi connectivity index (χ2v) is 7.51. The number of nitrogens with one attached hydrogen (secondary N) is 1. The molecule has 1 heterocycles. The lowest BCUT2D eigenvalue weighted by atomic mass is 10.1. The van der Waals surface area contributed by atoms with E-state index in [0.29, 0.717) is 17.7 Å². The molecule has 6 heteroatoms. The molecule has 0 aliphatic rings. The zero-order chi connectivity index (χ0) is 18.5. The Morgan fingerprint density at radius 3 is 2.50 bits per heavy atom. The van der Waals surface area contributed by atoms with Crippen molar-refractivity contribution in [3.8, 4) is 11.5 Å². The lowest BCUT2D eigenvalue weighted by molar-refractivity contribution is -0.120. The predicted molar refractivity (Wildman–Crippen MR) is 103 cm³/mol. The molecule has 1 atom stereocenters. The number of aryl methyl sites for hydroxylation is 2. The van der Waals surface area contributed by atoms with Crippen molar-refractivity contribution < 1.29 is 9.21 Å². The van der Waals surface area contributed by atoms with Crippen LogP contribution in [0.1, 0.15) is 23.6 Å². The Labute approximate surface area is 157 Å². The van der Waals surface area contributed by atoms with E-state index >= 15 is 0 Å². The van der Waals surface area contributed by atoms with E-state index in [2.05, 4.69) is 21.6 Å². The monoisotopic (exact) mass is 367 g/mol. The Morgan fingerprint density at radius 1 is 1.12 bits per heavy atom. The molecule has 0 radical (unpaired) electrons. The molecule has 2 aromatic carbocycles. The molecule has 5 nitrogen and oxygen atoms in total. The van der Waals surface area contributed by atoms with E-state index in [9.17, 15) is 4.79 Å². The van der Waals surface area contributed by atoms with Gasteiger partial charge in [-0.15, -0.1) is 10.2 Å². The third-order valence-electron chi connectivity index (χ3n) is 3.83. The Kier molecular flexibility index (Phi) is 5.73. The molecule has 0 aliphatic carbocycles. The molecule has 1 amide bonds. The van der Waals surface area contributed by atoms with Crippen molar-refractivity contribution >= 4 is 17.7 Å². The Hall–Kier alpha value is -2.60. The average Bonchev–Trinajstić information content (AvgIpc) is 3.08. The summed E-state index contributed by atoms with van der Waals surface area (Å²) in [6.45, 7) is 6.39. The topological polar surface area (TPSA) is 68.0 Å². The zero-order valence-electron chi connectivity index (χ0n) is 15.0. The van der Waals surface area contributed by atoms with Gasteiger partial charge in [0.25, 0.3) is 5.22 Å². The minimum Gasteiger partial charge on any atom is -0.411 e. The number of thioether (sulfide) groups is 1. The van der Waals surface area contributed by atoms with E-state index in [1.165, 1.54) is 11.8 Å². The van der Waals surface area contributed by atoms with Gasteiger partial charge in [-0.2, -0.15) is 0 Å². The van der Waals surface area contributed by atoms with Crippen LogP contribution in [0, 0.1) is 13.8 Å². The molecular weight excluding hydrogens is 346 g/mol. The smallest absolute Gasteiger partial charge is 0.277 e. The largest absolute Gasteiger partial charge is 0.411 e. The SMILES string of the molecule is Cc1cc(C)cc(-c2nnc(S[C@@H](C)C(=O)NCc3ccccc3)o2)c1. The Bertz CT molecular complexity index is 873. The van der Waals surface area contributed by atoms with Crippen molar-refractivity contribution in [1.29, 1.82) is 0 Å². The molecule has 0 bridgehead atoms. The normalized spacial score (nSPS) is 12.0. The first kappa shape index (κ1) is 18.2. The van der Waals surface area contributed by atoms with E-state index in [4.69, 9.17) is 4.42 Å². The maximum absolute atomic E-state index is 12.3. The molecule has 0 unspecified atom stereocenters. The molecule has 3 aromatic rings. The van der Waals surface area contributed by atoms with Gasteiger partial charge in [0.2, 0.25) is 11.8 Å². The highest BCUT2D eigenvalue weighted by molar-refractivity contribution is 8.00. The molecule has 3 rings (SSSR count). The molecule has 134 valence electrons. The van der Waals surface area contributed by atoms with Crippen LogP contribution in [-0.4, -0.2) is 21.4 Å². The van der Waals surface area contributed by atoms with Crippen LogP contribution >= 0.6 is 11.8 Å². The van der Waals surface area contributed by atoms with Crippen LogP contribution in [0.2, 0.25) is 0 Å². The minimum absolute atomic E-state index is 0.0648. The summed E-state index contributed by atoms with van der Waals surface area (Å²) in [6.07, 6.45) is 0. The van der Waals surface area contributed by atoms with E-state index in [1.807, 2.05) is 63.2 Å². The van der Waals surface area contributed by atoms with E-state index in [0.717, 1.165) is 22.3 Å². The van der Waals surface area contributed by atoms with Crippen molar-refractivity contribution in [2.75, 3.05) is 0 Å². The Balaban J connectivity index is 1.60. The van der Waals surface area contributed by atoms with Gasteiger partial charge in [0.05, 0.1) is 5.25 Å².